The molecule has 14 unspecified atom stereocenters. The van der Waals surface area contributed by atoms with Crippen LogP contribution in [-0.4, -0.2) is 8.07 Å². The van der Waals surface area contributed by atoms with Gasteiger partial charge in [-0.15, -0.1) is 0 Å². The van der Waals surface area contributed by atoms with Crippen LogP contribution in [0.15, 0.2) is 24.3 Å². The molecule has 0 aromatic carbocycles. The van der Waals surface area contributed by atoms with E-state index in [9.17, 15) is 0 Å². The maximum absolute atomic E-state index is 4.93. The summed E-state index contributed by atoms with van der Waals surface area (Å²) in [6, 6.07) is 0. The third-order valence-corrected chi connectivity index (χ3v) is 18.1. The third kappa shape index (κ3) is 6.80. The van der Waals surface area contributed by atoms with Crippen LogP contribution < -0.4 is 0 Å². The summed E-state index contributed by atoms with van der Waals surface area (Å²) in [6.45, 7) is 16.2. The van der Waals surface area contributed by atoms with Crippen molar-refractivity contribution in [2.75, 3.05) is 0 Å². The Kier molecular flexibility index (Phi) is 13.8. The summed E-state index contributed by atoms with van der Waals surface area (Å²) in [4.78, 5) is 0. The second-order valence-corrected chi connectivity index (χ2v) is 23.8. The van der Waals surface area contributed by atoms with E-state index in [2.05, 4.69) is 65.1 Å². The van der Waals surface area contributed by atoms with E-state index >= 15 is 0 Å². The van der Waals surface area contributed by atoms with E-state index in [1.165, 1.54) is 51.4 Å². The molecule has 39 heavy (non-hydrogen) atoms. The van der Waals surface area contributed by atoms with E-state index in [1.54, 1.807) is 0 Å². The molecule has 6 aliphatic carbocycles. The number of rotatable bonds is 2. The van der Waals surface area contributed by atoms with Gasteiger partial charge in [0.15, 0.2) is 0 Å². The average molecular weight is 673 g/mol. The Labute approximate surface area is 265 Å². The Morgan fingerprint density at radius 2 is 0.949 bits per heavy atom. The molecule has 4 heteroatoms. The molecule has 0 radical (unpaired) electrons. The molecule has 0 bridgehead atoms. The van der Waals surface area contributed by atoms with Crippen molar-refractivity contribution in [1.82, 2.24) is 0 Å². The molecule has 14 atom stereocenters. The number of fused-ring (bicyclic) bond motifs is 6. The van der Waals surface area contributed by atoms with Crippen molar-refractivity contribution in [1.29, 1.82) is 0 Å². The number of hydrogen-bond acceptors (Lipinski definition) is 0. The summed E-state index contributed by atoms with van der Waals surface area (Å²) in [7, 11) is 8.44. The van der Waals surface area contributed by atoms with Crippen molar-refractivity contribution in [2.45, 2.75) is 111 Å². The van der Waals surface area contributed by atoms with Gasteiger partial charge in [0.1, 0.15) is 0 Å². The van der Waals surface area contributed by atoms with E-state index in [1.807, 2.05) is 0 Å². The Morgan fingerprint density at radius 1 is 0.590 bits per heavy atom. The van der Waals surface area contributed by atoms with E-state index < -0.39 is 28.9 Å². The fourth-order valence-corrected chi connectivity index (χ4v) is 18.1. The number of halogens is 2. The van der Waals surface area contributed by atoms with Crippen LogP contribution >= 0.6 is 17.0 Å². The van der Waals surface area contributed by atoms with Crippen LogP contribution in [0.25, 0.3) is 0 Å². The molecule has 0 aromatic heterocycles. The van der Waals surface area contributed by atoms with Crippen LogP contribution in [0.1, 0.15) is 86.5 Å². The first kappa shape index (κ1) is 36.4. The zero-order valence-corrected chi connectivity index (χ0v) is 30.8. The van der Waals surface area contributed by atoms with Crippen LogP contribution in [0.2, 0.25) is 24.2 Å². The van der Waals surface area contributed by atoms with Gasteiger partial charge in [0.25, 0.3) is 0 Å². The molecule has 0 heterocycles. The summed E-state index contributed by atoms with van der Waals surface area (Å²) >= 11 is -0.826. The van der Waals surface area contributed by atoms with Crippen molar-refractivity contribution in [3.05, 3.63) is 39.2 Å². The summed E-state index contributed by atoms with van der Waals surface area (Å²) in [5.74, 6) is 11.5. The normalized spacial score (nSPS) is 47.3. The fraction of sp³-hybridized carbons (Fsp3) is 0.829. The van der Waals surface area contributed by atoms with Gasteiger partial charge in [-0.3, -0.25) is 0 Å². The van der Waals surface area contributed by atoms with E-state index in [0.29, 0.717) is 0 Å². The molecule has 0 amide bonds. The Balaban J connectivity index is 0.000000852. The molecule has 0 N–H and O–H groups in total. The quantitative estimate of drug-likeness (QED) is 0.156. The maximum atomic E-state index is 4.93. The van der Waals surface area contributed by atoms with Crippen LogP contribution in [0, 0.1) is 85.9 Å². The summed E-state index contributed by atoms with van der Waals surface area (Å²) in [6.07, 6.45) is 23.1. The predicted molar refractivity (Wildman–Crippen MR) is 176 cm³/mol. The fourth-order valence-electron chi connectivity index (χ4n) is 11.8. The molecule has 0 nitrogen and oxygen atoms in total. The second-order valence-electron chi connectivity index (χ2n) is 15.1. The van der Waals surface area contributed by atoms with Gasteiger partial charge in [-0.1, -0.05) is 85.4 Å². The monoisotopic (exact) mass is 670 g/mol. The first-order valence-corrected chi connectivity index (χ1v) is 25.0. The zero-order chi connectivity index (χ0) is 25.8. The van der Waals surface area contributed by atoms with E-state index in [0.717, 1.165) is 82.1 Å². The van der Waals surface area contributed by atoms with E-state index in [4.69, 9.17) is 17.0 Å². The first-order chi connectivity index (χ1) is 17.2. The summed E-state index contributed by atoms with van der Waals surface area (Å²) in [5, 5.41) is 0. The van der Waals surface area contributed by atoms with Gasteiger partial charge in [-0.25, -0.2) is 0 Å². The molecule has 4 saturated carbocycles. The predicted octanol–water partition coefficient (Wildman–Crippen LogP) is 12.1. The molecule has 0 aromatic rings. The van der Waals surface area contributed by atoms with Crippen LogP contribution in [-0.2, 0) is 20.8 Å². The SMILES string of the molecule is C.CC1CCC2C=CC3C(CC(C)C3[Si](C)(C)C3C(C)CC4C3C=CC3CCC(C)CC34)C2C1.[CH3-].[CH3-].[Cl][Zr+2][Cl]. The molecule has 224 valence electrons. The van der Waals surface area contributed by atoms with Gasteiger partial charge < -0.3 is 14.9 Å². The Bertz CT molecular complexity index is 761. The molecular weight excluding hydrogens is 611 g/mol. The van der Waals surface area contributed by atoms with Crippen molar-refractivity contribution >= 4 is 25.1 Å². The minimum absolute atomic E-state index is 0. The van der Waals surface area contributed by atoms with Gasteiger partial charge in [-0.05, 0) is 121 Å². The van der Waals surface area contributed by atoms with Crippen LogP contribution in [0.3, 0.4) is 0 Å². The molecule has 0 aliphatic heterocycles. The molecular formula is C35H62Cl2SiZr. The van der Waals surface area contributed by atoms with Gasteiger partial charge >= 0.3 is 37.9 Å². The Hall–Kier alpha value is 1.16. The van der Waals surface area contributed by atoms with E-state index in [-0.39, 0.29) is 22.3 Å². The van der Waals surface area contributed by atoms with Crippen molar-refractivity contribution in [3.63, 3.8) is 0 Å². The molecule has 4 fully saturated rings. The van der Waals surface area contributed by atoms with Gasteiger partial charge in [0.05, 0.1) is 8.07 Å². The first-order valence-electron chi connectivity index (χ1n) is 15.5. The second kappa shape index (κ2) is 14.8. The number of hydrogen-bond donors (Lipinski definition) is 0. The summed E-state index contributed by atoms with van der Waals surface area (Å²) in [5.41, 5.74) is 2.03. The molecule has 0 saturated heterocycles. The topological polar surface area (TPSA) is 0 Å². The van der Waals surface area contributed by atoms with Gasteiger partial charge in [0, 0.05) is 0 Å². The van der Waals surface area contributed by atoms with Crippen molar-refractivity contribution < 1.29 is 20.8 Å². The van der Waals surface area contributed by atoms with Gasteiger partial charge in [0.2, 0.25) is 0 Å². The zero-order valence-electron chi connectivity index (χ0n) is 25.8. The molecule has 6 rings (SSSR count). The third-order valence-electron chi connectivity index (χ3n) is 12.7. The Morgan fingerprint density at radius 3 is 1.31 bits per heavy atom. The average Bonchev–Trinajstić information content (AvgIpc) is 3.36. The van der Waals surface area contributed by atoms with Gasteiger partial charge in [-0.2, -0.15) is 0 Å². The molecule has 0 spiro atoms. The number of allylic oxidation sites excluding steroid dienone is 4. The van der Waals surface area contributed by atoms with Crippen molar-refractivity contribution in [3.8, 4) is 0 Å². The minimum atomic E-state index is -1.43. The molecule has 6 aliphatic rings. The van der Waals surface area contributed by atoms with Crippen molar-refractivity contribution in [2.24, 2.45) is 71.0 Å². The van der Waals surface area contributed by atoms with Crippen LogP contribution in [0.4, 0.5) is 0 Å². The standard InChI is InChI=1S/C32H52Si.CH4.2CH3.2ClH.Zr/c1-19-7-9-23-11-13-25-29(27(23)15-19)17-21(3)31(25)33(5,6)32-22(4)18-30-26(32)14-12-24-10-8-20(2)16-28(24)30;;;;;;/h11-14,19-32H,7-10,15-18H2,1-6H3;1H4;2*1H3;2*1H;/q;;2*-1;;;+4/p-2. The van der Waals surface area contributed by atoms with Crippen LogP contribution in [0.5, 0.6) is 0 Å². The summed E-state index contributed by atoms with van der Waals surface area (Å²) < 4.78 is 0.